The maximum absolute atomic E-state index is 12.8. The molecule has 2 atom stereocenters. The zero-order valence-electron chi connectivity index (χ0n) is 14.9. The summed E-state index contributed by atoms with van der Waals surface area (Å²) >= 11 is 0. The van der Waals surface area contributed by atoms with Crippen molar-refractivity contribution in [3.05, 3.63) is 23.9 Å². The highest BCUT2D eigenvalue weighted by Gasteiger charge is 2.33. The minimum absolute atomic E-state index is 0.0633. The fraction of sp³-hybridized carbons (Fsp3) is 0.632. The van der Waals surface area contributed by atoms with Gasteiger partial charge in [-0.15, -0.1) is 0 Å². The molecule has 2 saturated heterocycles. The second-order valence-corrected chi connectivity index (χ2v) is 7.23. The van der Waals surface area contributed by atoms with Gasteiger partial charge in [-0.1, -0.05) is 12.8 Å². The number of anilines is 1. The molecule has 1 aromatic rings. The number of carboxylic acid groups (broad SMARTS) is 1. The highest BCUT2D eigenvalue weighted by Crippen LogP contribution is 2.24. The first kappa shape index (κ1) is 17.7. The normalized spacial score (nSPS) is 24.7. The van der Waals surface area contributed by atoms with E-state index in [-0.39, 0.29) is 18.5 Å². The minimum atomic E-state index is -0.820. The summed E-state index contributed by atoms with van der Waals surface area (Å²) < 4.78 is 0. The highest BCUT2D eigenvalue weighted by molar-refractivity contribution is 5.94. The van der Waals surface area contributed by atoms with Crippen LogP contribution in [0.25, 0.3) is 0 Å². The van der Waals surface area contributed by atoms with Gasteiger partial charge in [-0.3, -0.25) is 9.59 Å². The first-order valence-corrected chi connectivity index (χ1v) is 9.31. The van der Waals surface area contributed by atoms with E-state index in [2.05, 4.69) is 9.88 Å². The van der Waals surface area contributed by atoms with Gasteiger partial charge in [-0.2, -0.15) is 0 Å². The molecule has 0 spiro atoms. The van der Waals surface area contributed by atoms with Crippen LogP contribution in [0.5, 0.6) is 0 Å². The molecule has 3 heterocycles. The predicted octanol–water partition coefficient (Wildman–Crippen LogP) is 2.79. The van der Waals surface area contributed by atoms with Crippen molar-refractivity contribution < 1.29 is 14.7 Å². The summed E-state index contributed by atoms with van der Waals surface area (Å²) in [6.07, 6.45) is 7.90. The molecular weight excluding hydrogens is 318 g/mol. The number of amides is 1. The number of hydrogen-bond acceptors (Lipinski definition) is 4. The molecule has 6 nitrogen and oxygen atoms in total. The van der Waals surface area contributed by atoms with Crippen LogP contribution in [0, 0.1) is 5.92 Å². The minimum Gasteiger partial charge on any atom is -0.481 e. The maximum Gasteiger partial charge on any atom is 0.308 e. The molecule has 2 unspecified atom stereocenters. The second kappa shape index (κ2) is 7.85. The van der Waals surface area contributed by atoms with E-state index in [1.807, 2.05) is 19.1 Å². The van der Waals surface area contributed by atoms with Crippen molar-refractivity contribution in [2.24, 2.45) is 5.92 Å². The Balaban J connectivity index is 1.70. The second-order valence-electron chi connectivity index (χ2n) is 7.23. The summed E-state index contributed by atoms with van der Waals surface area (Å²) in [6, 6.07) is 3.81. The number of likely N-dealkylation sites (tertiary alicyclic amines) is 1. The maximum atomic E-state index is 12.8. The Morgan fingerprint density at radius 2 is 1.84 bits per heavy atom. The molecule has 0 aliphatic carbocycles. The van der Waals surface area contributed by atoms with Crippen molar-refractivity contribution in [3.8, 4) is 0 Å². The quantitative estimate of drug-likeness (QED) is 0.912. The van der Waals surface area contributed by atoms with Crippen LogP contribution in [0.3, 0.4) is 0 Å². The first-order valence-electron chi connectivity index (χ1n) is 9.31. The molecule has 1 aromatic heterocycles. The number of piperidine rings is 1. The van der Waals surface area contributed by atoms with E-state index in [0.29, 0.717) is 12.0 Å². The van der Waals surface area contributed by atoms with Crippen molar-refractivity contribution in [3.63, 3.8) is 0 Å². The molecule has 1 N–H and O–H groups in total. The van der Waals surface area contributed by atoms with Crippen LogP contribution in [0.4, 0.5) is 5.82 Å². The van der Waals surface area contributed by atoms with Gasteiger partial charge < -0.3 is 14.9 Å². The largest absolute Gasteiger partial charge is 0.481 e. The third kappa shape index (κ3) is 4.11. The molecular formula is C19H27N3O3. The van der Waals surface area contributed by atoms with Crippen LogP contribution >= 0.6 is 0 Å². The van der Waals surface area contributed by atoms with Crippen molar-refractivity contribution in [2.45, 2.75) is 51.5 Å². The molecule has 0 saturated carbocycles. The van der Waals surface area contributed by atoms with E-state index in [4.69, 9.17) is 0 Å². The van der Waals surface area contributed by atoms with Gasteiger partial charge in [0.2, 0.25) is 0 Å². The van der Waals surface area contributed by atoms with Crippen LogP contribution in [0.1, 0.15) is 55.8 Å². The summed E-state index contributed by atoms with van der Waals surface area (Å²) in [5.41, 5.74) is 0.538. The lowest BCUT2D eigenvalue weighted by molar-refractivity contribution is -0.143. The third-order valence-electron chi connectivity index (χ3n) is 5.42. The lowest BCUT2D eigenvalue weighted by Crippen LogP contribution is -2.47. The van der Waals surface area contributed by atoms with E-state index < -0.39 is 11.9 Å². The van der Waals surface area contributed by atoms with Gasteiger partial charge in [-0.05, 0) is 44.7 Å². The molecule has 0 aromatic carbocycles. The van der Waals surface area contributed by atoms with Crippen LogP contribution in [0.15, 0.2) is 18.3 Å². The van der Waals surface area contributed by atoms with Gasteiger partial charge in [0.25, 0.3) is 5.91 Å². The fourth-order valence-corrected chi connectivity index (χ4v) is 3.76. The number of aromatic nitrogens is 1. The average Bonchev–Trinajstić information content (AvgIpc) is 2.91. The molecule has 0 bridgehead atoms. The Labute approximate surface area is 148 Å². The van der Waals surface area contributed by atoms with Crippen molar-refractivity contribution in [1.82, 2.24) is 9.88 Å². The van der Waals surface area contributed by atoms with E-state index >= 15 is 0 Å². The van der Waals surface area contributed by atoms with Crippen LogP contribution in [-0.4, -0.2) is 52.5 Å². The number of rotatable bonds is 3. The molecule has 0 radical (unpaired) electrons. The Hall–Kier alpha value is -2.11. The van der Waals surface area contributed by atoms with Crippen LogP contribution < -0.4 is 4.90 Å². The van der Waals surface area contributed by atoms with E-state index in [9.17, 15) is 14.7 Å². The summed E-state index contributed by atoms with van der Waals surface area (Å²) in [7, 11) is 0. The van der Waals surface area contributed by atoms with Crippen LogP contribution in [0.2, 0.25) is 0 Å². The summed E-state index contributed by atoms with van der Waals surface area (Å²) in [5, 5.41) is 9.24. The van der Waals surface area contributed by atoms with Gasteiger partial charge in [0.15, 0.2) is 0 Å². The zero-order chi connectivity index (χ0) is 17.8. The SMILES string of the molecule is CC1CCC(C(=O)O)CN1C(=O)c1ccc(N2CCCCCC2)nc1. The number of hydrogen-bond donors (Lipinski definition) is 1. The van der Waals surface area contributed by atoms with Gasteiger partial charge in [0.1, 0.15) is 5.82 Å². The summed E-state index contributed by atoms with van der Waals surface area (Å²) in [5.74, 6) is -0.481. The number of carboxylic acids is 1. The smallest absolute Gasteiger partial charge is 0.308 e. The molecule has 6 heteroatoms. The summed E-state index contributed by atoms with van der Waals surface area (Å²) in [4.78, 5) is 32.5. The lowest BCUT2D eigenvalue weighted by atomic mass is 9.93. The van der Waals surface area contributed by atoms with E-state index in [1.54, 1.807) is 11.1 Å². The van der Waals surface area contributed by atoms with Gasteiger partial charge in [0, 0.05) is 31.9 Å². The monoisotopic (exact) mass is 345 g/mol. The number of aliphatic carboxylic acids is 1. The predicted molar refractivity (Wildman–Crippen MR) is 95.8 cm³/mol. The molecule has 2 aliphatic rings. The van der Waals surface area contributed by atoms with Crippen LogP contribution in [-0.2, 0) is 4.79 Å². The number of carbonyl (C=O) groups is 2. The van der Waals surface area contributed by atoms with Gasteiger partial charge in [-0.25, -0.2) is 4.98 Å². The first-order chi connectivity index (χ1) is 12.1. The molecule has 2 aliphatic heterocycles. The standard InChI is InChI=1S/C19H27N3O3/c1-14-6-7-16(19(24)25)13-22(14)18(23)15-8-9-17(20-12-15)21-10-4-2-3-5-11-21/h8-9,12,14,16H,2-7,10-11,13H2,1H3,(H,24,25). The van der Waals surface area contributed by atoms with Crippen molar-refractivity contribution >= 4 is 17.7 Å². The molecule has 2 fully saturated rings. The Morgan fingerprint density at radius 1 is 1.12 bits per heavy atom. The third-order valence-corrected chi connectivity index (χ3v) is 5.42. The van der Waals surface area contributed by atoms with Crippen molar-refractivity contribution in [1.29, 1.82) is 0 Å². The molecule has 136 valence electrons. The number of carbonyl (C=O) groups excluding carboxylic acids is 1. The number of nitrogens with zero attached hydrogens (tertiary/aromatic N) is 3. The molecule has 25 heavy (non-hydrogen) atoms. The summed E-state index contributed by atoms with van der Waals surface area (Å²) in [6.45, 7) is 4.30. The van der Waals surface area contributed by atoms with E-state index in [1.165, 1.54) is 25.7 Å². The van der Waals surface area contributed by atoms with Gasteiger partial charge >= 0.3 is 5.97 Å². The van der Waals surface area contributed by atoms with Gasteiger partial charge in [0.05, 0.1) is 11.5 Å². The number of pyridine rings is 1. The Morgan fingerprint density at radius 3 is 2.44 bits per heavy atom. The zero-order valence-corrected chi connectivity index (χ0v) is 14.9. The lowest BCUT2D eigenvalue weighted by Gasteiger charge is -2.36. The van der Waals surface area contributed by atoms with Crippen molar-refractivity contribution in [2.75, 3.05) is 24.5 Å². The fourth-order valence-electron chi connectivity index (χ4n) is 3.76. The van der Waals surface area contributed by atoms with E-state index in [0.717, 1.165) is 25.3 Å². The highest BCUT2D eigenvalue weighted by atomic mass is 16.4. The Bertz CT molecular complexity index is 609. The molecule has 1 amide bonds. The topological polar surface area (TPSA) is 73.7 Å². The average molecular weight is 345 g/mol. The molecule has 3 rings (SSSR count). The Kier molecular flexibility index (Phi) is 5.56.